The van der Waals surface area contributed by atoms with Crippen LogP contribution in [0.4, 0.5) is 0 Å². The van der Waals surface area contributed by atoms with E-state index in [1.54, 1.807) is 36.8 Å². The molecule has 3 aromatic rings. The lowest BCUT2D eigenvalue weighted by atomic mass is 9.97. The van der Waals surface area contributed by atoms with E-state index in [1.807, 2.05) is 30.0 Å². The Bertz CT molecular complexity index is 1270. The van der Waals surface area contributed by atoms with E-state index < -0.39 is 0 Å². The lowest BCUT2D eigenvalue weighted by Crippen LogP contribution is -2.38. The van der Waals surface area contributed by atoms with Crippen molar-refractivity contribution in [2.75, 3.05) is 20.2 Å². The Morgan fingerprint density at radius 2 is 1.84 bits per heavy atom. The van der Waals surface area contributed by atoms with Crippen LogP contribution < -0.4 is 10.1 Å². The van der Waals surface area contributed by atoms with Crippen LogP contribution in [0.5, 0.6) is 5.75 Å². The number of aryl methyl sites for hydroxylation is 1. The van der Waals surface area contributed by atoms with Crippen LogP contribution in [-0.2, 0) is 11.3 Å². The first-order valence-corrected chi connectivity index (χ1v) is 13.5. The number of nitrogens with one attached hydrogen (secondary N) is 1. The molecular weight excluding hydrogens is 510 g/mol. The summed E-state index contributed by atoms with van der Waals surface area (Å²) in [6.07, 6.45) is 1.96. The predicted octanol–water partition coefficient (Wildman–Crippen LogP) is 5.41. The van der Waals surface area contributed by atoms with Gasteiger partial charge >= 0.3 is 0 Å². The minimum Gasteiger partial charge on any atom is -0.497 e. The van der Waals surface area contributed by atoms with Gasteiger partial charge in [0.2, 0.25) is 5.91 Å². The van der Waals surface area contributed by atoms with Crippen molar-refractivity contribution < 1.29 is 19.1 Å². The van der Waals surface area contributed by atoms with E-state index in [2.05, 4.69) is 10.3 Å². The highest BCUT2D eigenvalue weighted by atomic mass is 35.5. The van der Waals surface area contributed by atoms with Gasteiger partial charge in [-0.15, -0.1) is 11.3 Å². The van der Waals surface area contributed by atoms with Crippen LogP contribution in [0, 0.1) is 6.92 Å². The Morgan fingerprint density at radius 3 is 2.51 bits per heavy atom. The van der Waals surface area contributed by atoms with Gasteiger partial charge in [-0.3, -0.25) is 14.4 Å². The molecule has 9 heteroatoms. The molecule has 2 heterocycles. The number of methoxy groups -OCH3 is 1. The van der Waals surface area contributed by atoms with E-state index in [1.165, 1.54) is 11.3 Å². The van der Waals surface area contributed by atoms with Gasteiger partial charge in [0.25, 0.3) is 5.91 Å². The second kappa shape index (κ2) is 12.3. The third-order valence-electron chi connectivity index (χ3n) is 6.62. The third kappa shape index (κ3) is 6.96. The molecule has 37 heavy (non-hydrogen) atoms. The van der Waals surface area contributed by atoms with E-state index >= 15 is 0 Å². The summed E-state index contributed by atoms with van der Waals surface area (Å²) < 4.78 is 5.11. The first kappa shape index (κ1) is 26.8. The Hall–Kier alpha value is -3.23. The Morgan fingerprint density at radius 1 is 1.11 bits per heavy atom. The van der Waals surface area contributed by atoms with Crippen LogP contribution >= 0.6 is 22.9 Å². The molecule has 0 saturated carbocycles. The molecule has 1 aliphatic heterocycles. The number of benzene rings is 2. The number of halogens is 1. The fourth-order valence-electron chi connectivity index (χ4n) is 4.27. The summed E-state index contributed by atoms with van der Waals surface area (Å²) in [5.74, 6) is 0.637. The fraction of sp³-hybridized carbons (Fsp3) is 0.357. The molecule has 0 atom stereocenters. The number of Topliss-reactive ketones (excluding diaryl/α,β-unsaturated/α-hetero) is 1. The molecule has 194 valence electrons. The number of thiazole rings is 1. The fourth-order valence-corrected chi connectivity index (χ4v) is 5.45. The second-order valence-corrected chi connectivity index (χ2v) is 10.4. The minimum absolute atomic E-state index is 0.00396. The average Bonchev–Trinajstić information content (AvgIpc) is 3.43. The molecule has 0 spiro atoms. The monoisotopic (exact) mass is 539 g/mol. The second-order valence-electron chi connectivity index (χ2n) is 9.14. The number of ketones is 1. The van der Waals surface area contributed by atoms with Gasteiger partial charge in [0.05, 0.1) is 12.1 Å². The quantitative estimate of drug-likeness (QED) is 0.367. The number of amides is 2. The highest BCUT2D eigenvalue weighted by molar-refractivity contribution is 7.09. The molecule has 0 radical (unpaired) electrons. The van der Waals surface area contributed by atoms with Crippen LogP contribution in [-0.4, -0.2) is 47.7 Å². The Balaban J connectivity index is 1.22. The summed E-state index contributed by atoms with van der Waals surface area (Å²) in [4.78, 5) is 44.1. The number of nitrogens with zero attached hydrogens (tertiary/aromatic N) is 2. The topological polar surface area (TPSA) is 88.6 Å². The van der Waals surface area contributed by atoms with E-state index in [0.29, 0.717) is 41.7 Å². The van der Waals surface area contributed by atoms with Crippen LogP contribution in [0.1, 0.15) is 68.6 Å². The Labute approximate surface area is 225 Å². The molecule has 2 amide bonds. The van der Waals surface area contributed by atoms with Gasteiger partial charge in [-0.1, -0.05) is 23.7 Å². The molecule has 1 N–H and O–H groups in total. The highest BCUT2D eigenvalue weighted by Crippen LogP contribution is 2.30. The summed E-state index contributed by atoms with van der Waals surface area (Å²) >= 11 is 7.65. The number of piperidine rings is 1. The minimum atomic E-state index is -0.215. The molecule has 1 saturated heterocycles. The van der Waals surface area contributed by atoms with Crippen molar-refractivity contribution in [1.82, 2.24) is 15.2 Å². The van der Waals surface area contributed by atoms with Gasteiger partial charge in [-0.2, -0.15) is 0 Å². The highest BCUT2D eigenvalue weighted by Gasteiger charge is 2.26. The van der Waals surface area contributed by atoms with Crippen molar-refractivity contribution in [3.8, 4) is 5.75 Å². The summed E-state index contributed by atoms with van der Waals surface area (Å²) in [6, 6.07) is 12.7. The molecule has 1 fully saturated rings. The van der Waals surface area contributed by atoms with Crippen molar-refractivity contribution in [1.29, 1.82) is 0 Å². The number of carbonyl (C=O) groups excluding carboxylic acids is 3. The smallest absolute Gasteiger partial charge is 0.271 e. The average molecular weight is 540 g/mol. The Kier molecular flexibility index (Phi) is 8.95. The molecule has 0 aliphatic carbocycles. The largest absolute Gasteiger partial charge is 0.497 e. The van der Waals surface area contributed by atoms with Crippen LogP contribution in [0.25, 0.3) is 0 Å². The molecule has 1 aromatic heterocycles. The zero-order valence-electron chi connectivity index (χ0n) is 21.0. The standard InChI is InChI=1S/C28H30ClN3O4S/c1-18-3-4-19(15-23(18)29)16-30-27(35)24-17-37-28(31-24)21-11-13-32(14-12-21)26(34)10-9-25(33)20-5-7-22(36-2)8-6-20/h3-8,15,17,21H,9-14,16H2,1-2H3,(H,30,35). The van der Waals surface area contributed by atoms with Gasteiger partial charge < -0.3 is 15.0 Å². The number of carbonyl (C=O) groups is 3. The number of ether oxygens (including phenoxy) is 1. The van der Waals surface area contributed by atoms with Gasteiger partial charge in [0.1, 0.15) is 11.4 Å². The number of likely N-dealkylation sites (tertiary alicyclic amines) is 1. The molecule has 2 aromatic carbocycles. The summed E-state index contributed by atoms with van der Waals surface area (Å²) in [7, 11) is 1.58. The summed E-state index contributed by atoms with van der Waals surface area (Å²) in [5, 5.41) is 6.29. The van der Waals surface area contributed by atoms with E-state index in [9.17, 15) is 14.4 Å². The molecular formula is C28H30ClN3O4S. The van der Waals surface area contributed by atoms with E-state index in [4.69, 9.17) is 16.3 Å². The molecule has 0 bridgehead atoms. The summed E-state index contributed by atoms with van der Waals surface area (Å²) in [6.45, 7) is 3.56. The SMILES string of the molecule is COc1ccc(C(=O)CCC(=O)N2CCC(c3nc(C(=O)NCc4ccc(C)c(Cl)c4)cs3)CC2)cc1. The number of aromatic nitrogens is 1. The molecule has 4 rings (SSSR count). The first-order valence-electron chi connectivity index (χ1n) is 12.3. The van der Waals surface area contributed by atoms with Crippen LogP contribution in [0.2, 0.25) is 5.02 Å². The molecule has 7 nitrogen and oxygen atoms in total. The maximum absolute atomic E-state index is 12.7. The summed E-state index contributed by atoms with van der Waals surface area (Å²) in [5.41, 5.74) is 2.92. The van der Waals surface area contributed by atoms with Gasteiger partial charge in [-0.25, -0.2) is 4.98 Å². The maximum atomic E-state index is 12.7. The van der Waals surface area contributed by atoms with Gasteiger partial charge in [-0.05, 0) is 61.2 Å². The van der Waals surface area contributed by atoms with Crippen LogP contribution in [0.3, 0.4) is 0 Å². The van der Waals surface area contributed by atoms with Gasteiger partial charge in [0.15, 0.2) is 5.78 Å². The predicted molar refractivity (Wildman–Crippen MR) is 145 cm³/mol. The normalized spacial score (nSPS) is 13.9. The van der Waals surface area contributed by atoms with Crippen molar-refractivity contribution in [2.24, 2.45) is 0 Å². The van der Waals surface area contributed by atoms with E-state index in [0.717, 1.165) is 29.0 Å². The third-order valence-corrected chi connectivity index (χ3v) is 8.03. The van der Waals surface area contributed by atoms with Gasteiger partial charge in [0, 0.05) is 54.4 Å². The zero-order chi connectivity index (χ0) is 26.4. The molecule has 0 unspecified atom stereocenters. The number of rotatable bonds is 9. The number of hydrogen-bond acceptors (Lipinski definition) is 6. The van der Waals surface area contributed by atoms with Crippen molar-refractivity contribution in [2.45, 2.75) is 45.1 Å². The maximum Gasteiger partial charge on any atom is 0.271 e. The first-order chi connectivity index (χ1) is 17.8. The van der Waals surface area contributed by atoms with E-state index in [-0.39, 0.29) is 36.4 Å². The van der Waals surface area contributed by atoms with Crippen molar-refractivity contribution in [3.05, 3.63) is 80.3 Å². The zero-order valence-corrected chi connectivity index (χ0v) is 22.5. The van der Waals surface area contributed by atoms with Crippen molar-refractivity contribution >= 4 is 40.5 Å². The number of hydrogen-bond donors (Lipinski definition) is 1. The molecule has 1 aliphatic rings. The lowest BCUT2D eigenvalue weighted by molar-refractivity contribution is -0.132. The van der Waals surface area contributed by atoms with Crippen molar-refractivity contribution in [3.63, 3.8) is 0 Å². The lowest BCUT2D eigenvalue weighted by Gasteiger charge is -2.31. The van der Waals surface area contributed by atoms with Crippen LogP contribution in [0.15, 0.2) is 47.8 Å².